The van der Waals surface area contributed by atoms with Crippen LogP contribution in [0.4, 0.5) is 0 Å². The average Bonchev–Trinajstić information content (AvgIpc) is 2.64. The number of sulfonamides is 1. The molecule has 0 amide bonds. The topological polar surface area (TPSA) is 89.5 Å². The predicted molar refractivity (Wildman–Crippen MR) is 102 cm³/mol. The smallest absolute Gasteiger partial charge is 0.241 e. The largest absolute Gasteiger partial charge is 0.381 e. The lowest BCUT2D eigenvalue weighted by molar-refractivity contribution is 0.0832. The summed E-state index contributed by atoms with van der Waals surface area (Å²) in [6.45, 7) is 4.42. The predicted octanol–water partition coefficient (Wildman–Crippen LogP) is 2.59. The summed E-state index contributed by atoms with van der Waals surface area (Å²) >= 11 is 0. The van der Waals surface area contributed by atoms with Gasteiger partial charge < -0.3 is 4.74 Å². The fourth-order valence-corrected chi connectivity index (χ4v) is 6.18. The van der Waals surface area contributed by atoms with Gasteiger partial charge in [-0.3, -0.25) is 0 Å². The van der Waals surface area contributed by atoms with Crippen molar-refractivity contribution in [1.82, 2.24) is 4.72 Å². The van der Waals surface area contributed by atoms with E-state index in [9.17, 15) is 16.8 Å². The second-order valence-electron chi connectivity index (χ2n) is 6.69. The Bertz CT molecular complexity index is 1030. The van der Waals surface area contributed by atoms with E-state index in [0.717, 1.165) is 0 Å². The fourth-order valence-electron chi connectivity index (χ4n) is 3.06. The highest BCUT2D eigenvalue weighted by Crippen LogP contribution is 2.28. The molecule has 1 fully saturated rings. The third kappa shape index (κ3) is 4.24. The first-order valence-electron chi connectivity index (χ1n) is 8.73. The normalized spacial score (nSPS) is 16.4. The molecule has 0 radical (unpaired) electrons. The van der Waals surface area contributed by atoms with Crippen LogP contribution in [0.15, 0.2) is 57.2 Å². The van der Waals surface area contributed by atoms with Gasteiger partial charge in [-0.25, -0.2) is 21.6 Å². The van der Waals surface area contributed by atoms with Crippen molar-refractivity contribution in [3.05, 3.63) is 53.6 Å². The van der Waals surface area contributed by atoms with E-state index >= 15 is 0 Å². The minimum atomic E-state index is -3.85. The number of benzene rings is 2. The molecule has 2 aromatic carbocycles. The Morgan fingerprint density at radius 3 is 2.19 bits per heavy atom. The highest BCUT2D eigenvalue weighted by Gasteiger charge is 2.27. The second kappa shape index (κ2) is 7.71. The first-order valence-corrected chi connectivity index (χ1v) is 11.7. The first-order chi connectivity index (χ1) is 12.7. The van der Waals surface area contributed by atoms with Gasteiger partial charge in [0.1, 0.15) is 0 Å². The number of aryl methyl sites for hydroxylation is 1. The lowest BCUT2D eigenvalue weighted by Gasteiger charge is -2.23. The summed E-state index contributed by atoms with van der Waals surface area (Å²) in [6, 6.07) is 10.6. The maximum absolute atomic E-state index is 12.9. The molecule has 0 spiro atoms. The third-order valence-corrected chi connectivity index (χ3v) is 8.19. The lowest BCUT2D eigenvalue weighted by Crippen LogP contribution is -2.39. The van der Waals surface area contributed by atoms with E-state index in [1.54, 1.807) is 32.0 Å². The minimum Gasteiger partial charge on any atom is -0.381 e. The summed E-state index contributed by atoms with van der Waals surface area (Å²) in [6.07, 6.45) is 1.19. The number of rotatable bonds is 5. The van der Waals surface area contributed by atoms with Gasteiger partial charge in [0.15, 0.2) is 0 Å². The standard InChI is InChI=1S/C19H23NO5S2/c1-14-12-18(26(21,22)17-6-4-3-5-7-17)13-19(15(14)2)27(23,24)20-16-8-10-25-11-9-16/h3-7,12-13,16,20H,8-11H2,1-2H3. The van der Waals surface area contributed by atoms with Gasteiger partial charge in [0, 0.05) is 19.3 Å². The van der Waals surface area contributed by atoms with Gasteiger partial charge in [0.25, 0.3) is 0 Å². The van der Waals surface area contributed by atoms with Crippen LogP contribution >= 0.6 is 0 Å². The zero-order valence-corrected chi connectivity index (χ0v) is 16.9. The molecule has 0 atom stereocenters. The van der Waals surface area contributed by atoms with Crippen LogP contribution < -0.4 is 4.72 Å². The van der Waals surface area contributed by atoms with E-state index in [-0.39, 0.29) is 20.7 Å². The summed E-state index contributed by atoms with van der Waals surface area (Å²) in [5.41, 5.74) is 1.15. The van der Waals surface area contributed by atoms with Crippen molar-refractivity contribution in [3.8, 4) is 0 Å². The fraction of sp³-hybridized carbons (Fsp3) is 0.368. The van der Waals surface area contributed by atoms with E-state index in [2.05, 4.69) is 4.72 Å². The number of ether oxygens (including phenoxy) is 1. The Morgan fingerprint density at radius 1 is 0.926 bits per heavy atom. The number of hydrogen-bond acceptors (Lipinski definition) is 5. The van der Waals surface area contributed by atoms with Crippen LogP contribution in [0.5, 0.6) is 0 Å². The van der Waals surface area contributed by atoms with Gasteiger partial charge in [-0.15, -0.1) is 0 Å². The van der Waals surface area contributed by atoms with Crippen molar-refractivity contribution >= 4 is 19.9 Å². The Kier molecular flexibility index (Phi) is 5.71. The van der Waals surface area contributed by atoms with Crippen molar-refractivity contribution in [3.63, 3.8) is 0 Å². The molecule has 0 aliphatic carbocycles. The van der Waals surface area contributed by atoms with Crippen LogP contribution in [-0.2, 0) is 24.6 Å². The molecule has 1 saturated heterocycles. The molecular formula is C19H23NO5S2. The number of nitrogens with one attached hydrogen (secondary N) is 1. The van der Waals surface area contributed by atoms with Gasteiger partial charge in [-0.2, -0.15) is 0 Å². The average molecular weight is 410 g/mol. The van der Waals surface area contributed by atoms with Gasteiger partial charge in [0.2, 0.25) is 19.9 Å². The molecule has 146 valence electrons. The highest BCUT2D eigenvalue weighted by atomic mass is 32.2. The zero-order valence-electron chi connectivity index (χ0n) is 15.3. The molecule has 27 heavy (non-hydrogen) atoms. The second-order valence-corrected chi connectivity index (χ2v) is 10.3. The third-order valence-electron chi connectivity index (χ3n) is 4.79. The SMILES string of the molecule is Cc1cc(S(=O)(=O)c2ccccc2)cc(S(=O)(=O)NC2CCOCC2)c1C. The van der Waals surface area contributed by atoms with E-state index in [1.807, 2.05) is 0 Å². The van der Waals surface area contributed by atoms with E-state index in [1.165, 1.54) is 24.3 Å². The highest BCUT2D eigenvalue weighted by molar-refractivity contribution is 7.91. The van der Waals surface area contributed by atoms with Crippen molar-refractivity contribution in [2.45, 2.75) is 47.4 Å². The van der Waals surface area contributed by atoms with Crippen LogP contribution in [0.25, 0.3) is 0 Å². The molecule has 0 aromatic heterocycles. The molecule has 1 heterocycles. The molecule has 2 aromatic rings. The molecule has 1 aliphatic rings. The summed E-state index contributed by atoms with van der Waals surface area (Å²) in [4.78, 5) is 0.113. The van der Waals surface area contributed by atoms with Crippen LogP contribution in [0.1, 0.15) is 24.0 Å². The molecular weight excluding hydrogens is 386 g/mol. The zero-order chi connectivity index (χ0) is 19.7. The van der Waals surface area contributed by atoms with Gasteiger partial charge >= 0.3 is 0 Å². The quantitative estimate of drug-likeness (QED) is 0.820. The monoisotopic (exact) mass is 409 g/mol. The van der Waals surface area contributed by atoms with Gasteiger partial charge in [0.05, 0.1) is 14.7 Å². The Balaban J connectivity index is 2.04. The molecule has 3 rings (SSSR count). The van der Waals surface area contributed by atoms with Crippen LogP contribution in [0.3, 0.4) is 0 Å². The molecule has 0 unspecified atom stereocenters. The van der Waals surface area contributed by atoms with Crippen molar-refractivity contribution in [1.29, 1.82) is 0 Å². The number of hydrogen-bond donors (Lipinski definition) is 1. The Hall–Kier alpha value is -1.74. The van der Waals surface area contributed by atoms with E-state index in [0.29, 0.717) is 37.2 Å². The van der Waals surface area contributed by atoms with Gasteiger partial charge in [-0.1, -0.05) is 18.2 Å². The van der Waals surface area contributed by atoms with Crippen molar-refractivity contribution in [2.24, 2.45) is 0 Å². The Morgan fingerprint density at radius 2 is 1.56 bits per heavy atom. The summed E-state index contributed by atoms with van der Waals surface area (Å²) in [7, 11) is -7.65. The van der Waals surface area contributed by atoms with Crippen LogP contribution in [0.2, 0.25) is 0 Å². The lowest BCUT2D eigenvalue weighted by atomic mass is 10.1. The van der Waals surface area contributed by atoms with Crippen LogP contribution in [0, 0.1) is 13.8 Å². The molecule has 0 saturated carbocycles. The van der Waals surface area contributed by atoms with Gasteiger partial charge in [-0.05, 0) is 62.1 Å². The number of sulfone groups is 1. The first kappa shape index (κ1) is 20.0. The minimum absolute atomic E-state index is 0.00324. The Labute approximate surface area is 160 Å². The molecule has 8 heteroatoms. The molecule has 0 bridgehead atoms. The maximum atomic E-state index is 12.9. The summed E-state index contributed by atoms with van der Waals surface area (Å²) in [5.74, 6) is 0. The summed E-state index contributed by atoms with van der Waals surface area (Å²) < 4.78 is 59.7. The van der Waals surface area contributed by atoms with Crippen molar-refractivity contribution in [2.75, 3.05) is 13.2 Å². The summed E-state index contributed by atoms with van der Waals surface area (Å²) in [5, 5.41) is 0. The maximum Gasteiger partial charge on any atom is 0.241 e. The molecule has 1 aliphatic heterocycles. The molecule has 1 N–H and O–H groups in total. The van der Waals surface area contributed by atoms with Crippen molar-refractivity contribution < 1.29 is 21.6 Å². The van der Waals surface area contributed by atoms with Crippen LogP contribution in [-0.4, -0.2) is 36.1 Å². The van der Waals surface area contributed by atoms with E-state index in [4.69, 9.17) is 4.74 Å². The molecule has 6 nitrogen and oxygen atoms in total. The van der Waals surface area contributed by atoms with E-state index < -0.39 is 19.9 Å².